The van der Waals surface area contributed by atoms with Gasteiger partial charge in [0.25, 0.3) is 5.91 Å². The van der Waals surface area contributed by atoms with E-state index in [-0.39, 0.29) is 11.8 Å². The zero-order valence-corrected chi connectivity index (χ0v) is 14.2. The van der Waals surface area contributed by atoms with Crippen LogP contribution < -0.4 is 5.32 Å². The molecule has 0 radical (unpaired) electrons. The van der Waals surface area contributed by atoms with Crippen molar-refractivity contribution in [2.24, 2.45) is 5.92 Å². The summed E-state index contributed by atoms with van der Waals surface area (Å²) in [6, 6.07) is 7.80. The first-order valence-corrected chi connectivity index (χ1v) is 8.28. The molecule has 0 bridgehead atoms. The number of allylic oxidation sites excluding steroid dienone is 4. The quantitative estimate of drug-likeness (QED) is 0.844. The zero-order valence-electron chi connectivity index (χ0n) is 11.8. The Labute approximate surface area is 142 Å². The van der Waals surface area contributed by atoms with Crippen LogP contribution in [-0.4, -0.2) is 5.91 Å². The predicted octanol–water partition coefficient (Wildman–Crippen LogP) is 4.40. The van der Waals surface area contributed by atoms with E-state index in [4.69, 9.17) is 16.3 Å². The number of benzene rings is 1. The van der Waals surface area contributed by atoms with Gasteiger partial charge in [0.2, 0.25) is 0 Å². The molecule has 1 amide bonds. The van der Waals surface area contributed by atoms with Gasteiger partial charge in [-0.3, -0.25) is 4.79 Å². The van der Waals surface area contributed by atoms with Gasteiger partial charge in [-0.05, 0) is 42.7 Å². The maximum absolute atomic E-state index is 12.2. The van der Waals surface area contributed by atoms with Crippen LogP contribution in [-0.2, 0) is 16.1 Å². The minimum atomic E-state index is -0.195. The second kappa shape index (κ2) is 6.71. The Balaban J connectivity index is 1.63. The van der Waals surface area contributed by atoms with Crippen LogP contribution >= 0.6 is 27.5 Å². The van der Waals surface area contributed by atoms with Crippen LogP contribution in [0, 0.1) is 5.92 Å². The third-order valence-corrected chi connectivity index (χ3v) is 4.78. The molecule has 1 atom stereocenters. The molecule has 1 heterocycles. The summed E-state index contributed by atoms with van der Waals surface area (Å²) >= 11 is 9.49. The maximum atomic E-state index is 12.2. The molecule has 1 unspecified atom stereocenters. The molecule has 1 aliphatic heterocycles. The van der Waals surface area contributed by atoms with Gasteiger partial charge in [0.05, 0.1) is 0 Å². The number of halogens is 2. The Morgan fingerprint density at radius 1 is 1.36 bits per heavy atom. The summed E-state index contributed by atoms with van der Waals surface area (Å²) in [7, 11) is 0. The number of carbonyl (C=O) groups is 1. The Kier molecular flexibility index (Phi) is 4.69. The van der Waals surface area contributed by atoms with Gasteiger partial charge in [-0.25, -0.2) is 0 Å². The van der Waals surface area contributed by atoms with E-state index < -0.39 is 0 Å². The van der Waals surface area contributed by atoms with Crippen molar-refractivity contribution < 1.29 is 9.53 Å². The van der Waals surface area contributed by atoms with E-state index in [1.54, 1.807) is 0 Å². The molecule has 0 fully saturated rings. The van der Waals surface area contributed by atoms with Crippen LogP contribution in [0.5, 0.6) is 0 Å². The number of hydrogen-bond acceptors (Lipinski definition) is 2. The van der Waals surface area contributed by atoms with E-state index in [2.05, 4.69) is 21.2 Å². The Morgan fingerprint density at radius 2 is 2.18 bits per heavy atom. The summed E-state index contributed by atoms with van der Waals surface area (Å²) in [5.41, 5.74) is 1.03. The van der Waals surface area contributed by atoms with E-state index in [1.807, 2.05) is 42.5 Å². The molecule has 1 aliphatic carbocycles. The molecule has 0 spiro atoms. The number of hydrogen-bond donors (Lipinski definition) is 1. The van der Waals surface area contributed by atoms with Crippen molar-refractivity contribution in [2.75, 3.05) is 0 Å². The van der Waals surface area contributed by atoms with E-state index in [0.29, 0.717) is 12.3 Å². The normalized spacial score (nSPS) is 20.1. The largest absolute Gasteiger partial charge is 0.456 e. The zero-order chi connectivity index (χ0) is 15.5. The third-order valence-electron chi connectivity index (χ3n) is 3.69. The average molecular weight is 381 g/mol. The summed E-state index contributed by atoms with van der Waals surface area (Å²) in [5, 5.41) is 3.70. The van der Waals surface area contributed by atoms with Gasteiger partial charge in [-0.2, -0.15) is 0 Å². The highest BCUT2D eigenvalue weighted by molar-refractivity contribution is 9.10. The summed E-state index contributed by atoms with van der Waals surface area (Å²) in [6.07, 6.45) is 7.24. The van der Waals surface area contributed by atoms with E-state index >= 15 is 0 Å². The SMILES string of the molecule is O=C(NCc1ccccc1Br)C1=CC2CCC(Cl)=CC=C2O1. The van der Waals surface area contributed by atoms with Crippen LogP contribution in [0.2, 0.25) is 0 Å². The molecule has 1 aromatic rings. The average Bonchev–Trinajstić information content (AvgIpc) is 2.85. The number of fused-ring (bicyclic) bond motifs is 1. The lowest BCUT2D eigenvalue weighted by atomic mass is 10.0. The second-order valence-corrected chi connectivity index (χ2v) is 6.57. The van der Waals surface area contributed by atoms with Gasteiger partial charge in [0.1, 0.15) is 5.76 Å². The third kappa shape index (κ3) is 3.45. The number of amides is 1. The minimum Gasteiger partial charge on any atom is -0.456 e. The van der Waals surface area contributed by atoms with Crippen molar-refractivity contribution in [1.82, 2.24) is 5.32 Å². The summed E-state index contributed by atoms with van der Waals surface area (Å²) in [4.78, 5) is 12.2. The molecule has 0 aromatic heterocycles. The van der Waals surface area contributed by atoms with Crippen LogP contribution in [0.4, 0.5) is 0 Å². The molecular weight excluding hydrogens is 366 g/mol. The first-order valence-electron chi connectivity index (χ1n) is 7.11. The summed E-state index contributed by atoms with van der Waals surface area (Å²) in [5.74, 6) is 1.10. The van der Waals surface area contributed by atoms with E-state index in [1.165, 1.54) is 0 Å². The Hall–Kier alpha value is -1.52. The van der Waals surface area contributed by atoms with Crippen LogP contribution in [0.1, 0.15) is 18.4 Å². The van der Waals surface area contributed by atoms with Crippen molar-refractivity contribution in [1.29, 1.82) is 0 Å². The molecule has 114 valence electrons. The summed E-state index contributed by atoms with van der Waals surface area (Å²) < 4.78 is 6.65. The van der Waals surface area contributed by atoms with Crippen LogP contribution in [0.25, 0.3) is 0 Å². The number of nitrogens with one attached hydrogen (secondary N) is 1. The van der Waals surface area contributed by atoms with Gasteiger partial charge in [0.15, 0.2) is 5.76 Å². The lowest BCUT2D eigenvalue weighted by Gasteiger charge is -2.08. The molecule has 22 heavy (non-hydrogen) atoms. The lowest BCUT2D eigenvalue weighted by molar-refractivity contribution is -0.120. The molecule has 1 N–H and O–H groups in total. The van der Waals surface area contributed by atoms with Gasteiger partial charge in [0, 0.05) is 22.0 Å². The van der Waals surface area contributed by atoms with Crippen molar-refractivity contribution in [3.05, 3.63) is 69.1 Å². The maximum Gasteiger partial charge on any atom is 0.286 e. The van der Waals surface area contributed by atoms with E-state index in [0.717, 1.165) is 33.7 Å². The van der Waals surface area contributed by atoms with Crippen molar-refractivity contribution in [3.8, 4) is 0 Å². The van der Waals surface area contributed by atoms with Crippen molar-refractivity contribution >= 4 is 33.4 Å². The molecule has 3 nitrogen and oxygen atoms in total. The van der Waals surface area contributed by atoms with E-state index in [9.17, 15) is 4.79 Å². The fraction of sp³-hybridized carbons (Fsp3) is 0.235. The Bertz CT molecular complexity index is 694. The second-order valence-electron chi connectivity index (χ2n) is 5.23. The molecule has 5 heteroatoms. The Morgan fingerprint density at radius 3 is 3.00 bits per heavy atom. The first kappa shape index (κ1) is 15.4. The van der Waals surface area contributed by atoms with Crippen LogP contribution in [0.3, 0.4) is 0 Å². The number of ether oxygens (including phenoxy) is 1. The minimum absolute atomic E-state index is 0.136. The van der Waals surface area contributed by atoms with Gasteiger partial charge < -0.3 is 10.1 Å². The van der Waals surface area contributed by atoms with Gasteiger partial charge >= 0.3 is 0 Å². The molecule has 3 rings (SSSR count). The predicted molar refractivity (Wildman–Crippen MR) is 89.9 cm³/mol. The summed E-state index contributed by atoms with van der Waals surface area (Å²) in [6.45, 7) is 0.455. The fourth-order valence-corrected chi connectivity index (χ4v) is 3.06. The molecule has 2 aliphatic rings. The van der Waals surface area contributed by atoms with Crippen molar-refractivity contribution in [3.63, 3.8) is 0 Å². The molecule has 1 aromatic carbocycles. The fourth-order valence-electron chi connectivity index (χ4n) is 2.46. The van der Waals surface area contributed by atoms with Crippen molar-refractivity contribution in [2.45, 2.75) is 19.4 Å². The monoisotopic (exact) mass is 379 g/mol. The standard InChI is InChI=1S/C17H15BrClNO2/c18-14-4-2-1-3-12(14)10-20-17(21)16-9-11-5-6-13(19)7-8-15(11)22-16/h1-4,7-9,11H,5-6,10H2,(H,20,21). The highest BCUT2D eigenvalue weighted by Gasteiger charge is 2.28. The molecule has 0 saturated carbocycles. The number of rotatable bonds is 3. The topological polar surface area (TPSA) is 38.3 Å². The first-order chi connectivity index (χ1) is 10.6. The highest BCUT2D eigenvalue weighted by Crippen LogP contribution is 2.34. The highest BCUT2D eigenvalue weighted by atomic mass is 79.9. The molecular formula is C17H15BrClNO2. The lowest BCUT2D eigenvalue weighted by Crippen LogP contribution is -2.24. The number of carbonyl (C=O) groups excluding carboxylic acids is 1. The van der Waals surface area contributed by atoms with Gasteiger partial charge in [-0.15, -0.1) is 0 Å². The van der Waals surface area contributed by atoms with Gasteiger partial charge in [-0.1, -0.05) is 45.7 Å². The molecule has 0 saturated heterocycles. The van der Waals surface area contributed by atoms with Crippen LogP contribution in [0.15, 0.2) is 63.5 Å². The smallest absolute Gasteiger partial charge is 0.286 e.